The number of aromatic carboxylic acids is 1. The van der Waals surface area contributed by atoms with Crippen molar-refractivity contribution in [2.24, 2.45) is 0 Å². The molecule has 0 atom stereocenters. The maximum atomic E-state index is 11.5. The minimum atomic E-state index is -0.953. The van der Waals surface area contributed by atoms with Gasteiger partial charge in [-0.25, -0.2) is 4.79 Å². The Hall–Kier alpha value is -2.99. The Kier molecular flexibility index (Phi) is 3.59. The van der Waals surface area contributed by atoms with Crippen LogP contribution in [-0.2, 0) is 13.1 Å². The van der Waals surface area contributed by atoms with Gasteiger partial charge in [0, 0.05) is 29.6 Å². The number of benzene rings is 2. The Balaban J connectivity index is 1.52. The number of carboxylic acids is 1. The number of para-hydroxylation sites is 1. The van der Waals surface area contributed by atoms with Gasteiger partial charge in [0.2, 0.25) is 6.79 Å². The first kappa shape index (κ1) is 14.6. The lowest BCUT2D eigenvalue weighted by Crippen LogP contribution is -2.15. The lowest BCUT2D eigenvalue weighted by molar-refractivity contribution is 0.0690. The summed E-state index contributed by atoms with van der Waals surface area (Å²) >= 11 is 0. The van der Waals surface area contributed by atoms with Crippen molar-refractivity contribution >= 4 is 16.9 Å². The van der Waals surface area contributed by atoms with Gasteiger partial charge in [-0.2, -0.15) is 0 Å². The van der Waals surface area contributed by atoms with Crippen LogP contribution in [0.15, 0.2) is 42.5 Å². The normalized spacial score (nSPS) is 12.7. The lowest BCUT2D eigenvalue weighted by Gasteiger charge is -2.06. The Bertz CT molecular complexity index is 917. The van der Waals surface area contributed by atoms with E-state index in [-0.39, 0.29) is 12.5 Å². The molecule has 122 valence electrons. The van der Waals surface area contributed by atoms with Crippen molar-refractivity contribution in [2.75, 3.05) is 6.79 Å². The molecule has 0 saturated carbocycles. The monoisotopic (exact) mass is 324 g/mol. The van der Waals surface area contributed by atoms with Gasteiger partial charge in [0.1, 0.15) is 5.69 Å². The van der Waals surface area contributed by atoms with E-state index >= 15 is 0 Å². The number of aromatic amines is 1. The van der Waals surface area contributed by atoms with Gasteiger partial charge in [0.25, 0.3) is 0 Å². The van der Waals surface area contributed by atoms with Crippen LogP contribution in [0.1, 0.15) is 21.6 Å². The molecule has 6 heteroatoms. The summed E-state index contributed by atoms with van der Waals surface area (Å²) in [5, 5.41) is 13.6. The highest BCUT2D eigenvalue weighted by Gasteiger charge is 2.17. The lowest BCUT2D eigenvalue weighted by atomic mass is 10.1. The minimum Gasteiger partial charge on any atom is -0.477 e. The van der Waals surface area contributed by atoms with E-state index in [2.05, 4.69) is 10.3 Å². The van der Waals surface area contributed by atoms with Crippen molar-refractivity contribution in [1.29, 1.82) is 0 Å². The SMILES string of the molecule is O=C(O)c1[nH]c2ccccc2c1CNCc1ccc2c(c1)OCO2. The average molecular weight is 324 g/mol. The number of H-pyrrole nitrogens is 1. The van der Waals surface area contributed by atoms with E-state index in [0.29, 0.717) is 13.1 Å². The molecule has 3 N–H and O–H groups in total. The molecule has 0 saturated heterocycles. The largest absolute Gasteiger partial charge is 0.477 e. The zero-order chi connectivity index (χ0) is 16.5. The number of carbonyl (C=O) groups is 1. The van der Waals surface area contributed by atoms with Crippen molar-refractivity contribution in [1.82, 2.24) is 10.3 Å². The highest BCUT2D eigenvalue weighted by Crippen LogP contribution is 2.32. The molecular formula is C18H16N2O4. The summed E-state index contributed by atoms with van der Waals surface area (Å²) in [6, 6.07) is 13.4. The van der Waals surface area contributed by atoms with Gasteiger partial charge < -0.3 is 24.9 Å². The molecule has 2 heterocycles. The van der Waals surface area contributed by atoms with E-state index in [4.69, 9.17) is 9.47 Å². The second-order valence-corrected chi connectivity index (χ2v) is 5.62. The highest BCUT2D eigenvalue weighted by atomic mass is 16.7. The van der Waals surface area contributed by atoms with Crippen LogP contribution < -0.4 is 14.8 Å². The number of hydrogen-bond donors (Lipinski definition) is 3. The fourth-order valence-corrected chi connectivity index (χ4v) is 2.95. The molecule has 0 aliphatic carbocycles. The van der Waals surface area contributed by atoms with E-state index in [9.17, 15) is 9.90 Å². The third kappa shape index (κ3) is 2.57. The van der Waals surface area contributed by atoms with Gasteiger partial charge >= 0.3 is 5.97 Å². The third-order valence-electron chi connectivity index (χ3n) is 4.10. The Morgan fingerprint density at radius 1 is 1.12 bits per heavy atom. The zero-order valence-electron chi connectivity index (χ0n) is 12.8. The summed E-state index contributed by atoms with van der Waals surface area (Å²) in [5.74, 6) is 0.544. The molecule has 0 bridgehead atoms. The first-order valence-electron chi connectivity index (χ1n) is 7.64. The summed E-state index contributed by atoms with van der Waals surface area (Å²) in [5.41, 5.74) is 2.87. The summed E-state index contributed by atoms with van der Waals surface area (Å²) in [6.45, 7) is 1.32. The molecule has 2 aromatic carbocycles. The van der Waals surface area contributed by atoms with Gasteiger partial charge in [-0.3, -0.25) is 0 Å². The van der Waals surface area contributed by atoms with Crippen molar-refractivity contribution in [2.45, 2.75) is 13.1 Å². The van der Waals surface area contributed by atoms with Crippen LogP contribution in [0.2, 0.25) is 0 Å². The van der Waals surface area contributed by atoms with Crippen LogP contribution in [0, 0.1) is 0 Å². The number of rotatable bonds is 5. The molecule has 0 unspecified atom stereocenters. The smallest absolute Gasteiger partial charge is 0.352 e. The Morgan fingerprint density at radius 3 is 2.83 bits per heavy atom. The summed E-state index contributed by atoms with van der Waals surface area (Å²) in [7, 11) is 0. The number of aromatic nitrogens is 1. The number of nitrogens with one attached hydrogen (secondary N) is 2. The first-order valence-corrected chi connectivity index (χ1v) is 7.64. The van der Waals surface area contributed by atoms with E-state index in [1.807, 2.05) is 42.5 Å². The molecule has 0 radical (unpaired) electrons. The van der Waals surface area contributed by atoms with E-state index in [1.165, 1.54) is 0 Å². The summed E-state index contributed by atoms with van der Waals surface area (Å²) in [6.07, 6.45) is 0. The van der Waals surface area contributed by atoms with Crippen LogP contribution in [0.25, 0.3) is 10.9 Å². The minimum absolute atomic E-state index is 0.231. The Morgan fingerprint density at radius 2 is 1.96 bits per heavy atom. The maximum absolute atomic E-state index is 11.5. The molecule has 0 spiro atoms. The van der Waals surface area contributed by atoms with Crippen molar-refractivity contribution in [3.63, 3.8) is 0 Å². The third-order valence-corrected chi connectivity index (χ3v) is 4.10. The number of carboxylic acid groups (broad SMARTS) is 1. The zero-order valence-corrected chi connectivity index (χ0v) is 12.8. The van der Waals surface area contributed by atoms with Gasteiger partial charge in [-0.05, 0) is 23.8 Å². The predicted molar refractivity (Wildman–Crippen MR) is 88.4 cm³/mol. The highest BCUT2D eigenvalue weighted by molar-refractivity contribution is 5.97. The second-order valence-electron chi connectivity index (χ2n) is 5.62. The van der Waals surface area contributed by atoms with Crippen molar-refractivity contribution in [3.05, 3.63) is 59.3 Å². The molecular weight excluding hydrogens is 308 g/mol. The van der Waals surface area contributed by atoms with E-state index < -0.39 is 5.97 Å². The predicted octanol–water partition coefficient (Wildman–Crippen LogP) is 2.88. The van der Waals surface area contributed by atoms with Gasteiger partial charge in [-0.1, -0.05) is 24.3 Å². The van der Waals surface area contributed by atoms with Crippen LogP contribution in [-0.4, -0.2) is 22.9 Å². The first-order chi connectivity index (χ1) is 11.7. The van der Waals surface area contributed by atoms with E-state index in [0.717, 1.165) is 33.5 Å². The molecule has 0 amide bonds. The number of ether oxygens (including phenoxy) is 2. The Labute approximate surface area is 138 Å². The average Bonchev–Trinajstić information content (AvgIpc) is 3.19. The quantitative estimate of drug-likeness (QED) is 0.672. The fraction of sp³-hybridized carbons (Fsp3) is 0.167. The van der Waals surface area contributed by atoms with Crippen molar-refractivity contribution in [3.8, 4) is 11.5 Å². The second kappa shape index (κ2) is 5.90. The van der Waals surface area contributed by atoms with Crippen LogP contribution >= 0.6 is 0 Å². The molecule has 1 aliphatic heterocycles. The molecule has 1 aromatic heterocycles. The summed E-state index contributed by atoms with van der Waals surface area (Å²) < 4.78 is 10.7. The van der Waals surface area contributed by atoms with Gasteiger partial charge in [0.15, 0.2) is 11.5 Å². The maximum Gasteiger partial charge on any atom is 0.352 e. The molecule has 1 aliphatic rings. The fourth-order valence-electron chi connectivity index (χ4n) is 2.95. The number of fused-ring (bicyclic) bond motifs is 2. The molecule has 3 aromatic rings. The summed E-state index contributed by atoms with van der Waals surface area (Å²) in [4.78, 5) is 14.4. The van der Waals surface area contributed by atoms with Crippen LogP contribution in [0.4, 0.5) is 0 Å². The van der Waals surface area contributed by atoms with Crippen LogP contribution in [0.5, 0.6) is 11.5 Å². The number of hydrogen-bond acceptors (Lipinski definition) is 4. The molecule has 24 heavy (non-hydrogen) atoms. The topological polar surface area (TPSA) is 83.6 Å². The molecule has 6 nitrogen and oxygen atoms in total. The van der Waals surface area contributed by atoms with Gasteiger partial charge in [0.05, 0.1) is 0 Å². The van der Waals surface area contributed by atoms with Crippen LogP contribution in [0.3, 0.4) is 0 Å². The standard InChI is InChI=1S/C18H16N2O4/c21-18(22)17-13(12-3-1-2-4-14(12)20-17)9-19-8-11-5-6-15-16(7-11)24-10-23-15/h1-7,19-20H,8-10H2,(H,21,22). The molecule has 0 fully saturated rings. The van der Waals surface area contributed by atoms with E-state index in [1.54, 1.807) is 0 Å². The van der Waals surface area contributed by atoms with Gasteiger partial charge in [-0.15, -0.1) is 0 Å². The molecule has 4 rings (SSSR count). The van der Waals surface area contributed by atoms with Crippen molar-refractivity contribution < 1.29 is 19.4 Å².